The molecule has 0 heterocycles. The number of aliphatic hydroxyl groups excluding tert-OH is 1. The highest BCUT2D eigenvalue weighted by Crippen LogP contribution is 2.46. The maximum absolute atomic E-state index is 13.5. The maximum atomic E-state index is 13.5. The Balaban J connectivity index is 2.11. The molecule has 1 aliphatic carbocycles. The molecule has 26 heavy (non-hydrogen) atoms. The number of alkyl halides is 2. The molecule has 1 aliphatic rings. The van der Waals surface area contributed by atoms with E-state index in [0.29, 0.717) is 0 Å². The Labute approximate surface area is 149 Å². The van der Waals surface area contributed by atoms with Gasteiger partial charge in [0, 0.05) is 29.3 Å². The van der Waals surface area contributed by atoms with Crippen LogP contribution in [-0.2, 0) is 16.3 Å². The molecular formula is C16H14F3O5PS. The van der Waals surface area contributed by atoms with Gasteiger partial charge in [0.25, 0.3) is 0 Å². The standard InChI is InChI=1S/C16H14F3O5PS/c17-8-5-9(20)7-10(6-8)24-13-3-4-14(26(22,23)16(18,19)25)15-11(13)1-2-12(15)21/h3-7,12,20-21H,1-2,25H2. The van der Waals surface area contributed by atoms with Crippen LogP contribution in [0.2, 0.25) is 0 Å². The number of fused-ring (bicyclic) bond motifs is 1. The molecule has 0 saturated heterocycles. The summed E-state index contributed by atoms with van der Waals surface area (Å²) in [6.07, 6.45) is -0.917. The average Bonchev–Trinajstić information content (AvgIpc) is 2.88. The van der Waals surface area contributed by atoms with E-state index in [0.717, 1.165) is 33.5 Å². The van der Waals surface area contributed by atoms with Gasteiger partial charge in [-0.25, -0.2) is 12.8 Å². The van der Waals surface area contributed by atoms with Crippen molar-refractivity contribution < 1.29 is 36.5 Å². The number of halogens is 3. The van der Waals surface area contributed by atoms with Gasteiger partial charge in [0.1, 0.15) is 23.1 Å². The Morgan fingerprint density at radius 1 is 1.23 bits per heavy atom. The summed E-state index contributed by atoms with van der Waals surface area (Å²) >= 11 is 0. The fourth-order valence-electron chi connectivity index (χ4n) is 2.88. The van der Waals surface area contributed by atoms with Crippen LogP contribution in [0.15, 0.2) is 35.2 Å². The Bertz CT molecular complexity index is 952. The van der Waals surface area contributed by atoms with Crippen molar-refractivity contribution in [2.45, 2.75) is 28.8 Å². The topological polar surface area (TPSA) is 83.8 Å². The number of rotatable bonds is 4. The van der Waals surface area contributed by atoms with Gasteiger partial charge < -0.3 is 14.9 Å². The molecule has 0 aromatic heterocycles. The van der Waals surface area contributed by atoms with Crippen LogP contribution in [0.1, 0.15) is 23.7 Å². The van der Waals surface area contributed by atoms with Crippen LogP contribution >= 0.6 is 9.24 Å². The molecule has 0 saturated carbocycles. The van der Waals surface area contributed by atoms with Crippen LogP contribution in [0.25, 0.3) is 0 Å². The first kappa shape index (κ1) is 18.9. The zero-order valence-electron chi connectivity index (χ0n) is 13.1. The number of phenolic OH excluding ortho intramolecular Hbond substituents is 1. The Morgan fingerprint density at radius 3 is 2.54 bits per heavy atom. The molecule has 2 N–H and O–H groups in total. The molecule has 0 radical (unpaired) electrons. The van der Waals surface area contributed by atoms with Crippen molar-refractivity contribution in [3.8, 4) is 17.2 Å². The zero-order chi connectivity index (χ0) is 19.3. The fraction of sp³-hybridized carbons (Fsp3) is 0.250. The van der Waals surface area contributed by atoms with Crippen molar-refractivity contribution >= 4 is 19.1 Å². The summed E-state index contributed by atoms with van der Waals surface area (Å²) < 4.78 is 70.1. The third kappa shape index (κ3) is 3.26. The number of phenols is 1. The molecule has 10 heteroatoms. The van der Waals surface area contributed by atoms with E-state index in [-0.39, 0.29) is 41.2 Å². The van der Waals surface area contributed by atoms with Crippen LogP contribution in [-0.4, -0.2) is 23.6 Å². The molecule has 0 spiro atoms. The summed E-state index contributed by atoms with van der Waals surface area (Å²) in [5, 5.41) is 19.5. The second-order valence-electron chi connectivity index (χ2n) is 5.82. The number of hydrogen-bond acceptors (Lipinski definition) is 5. The molecule has 2 unspecified atom stereocenters. The van der Waals surface area contributed by atoms with Crippen molar-refractivity contribution in [2.24, 2.45) is 0 Å². The maximum Gasteiger partial charge on any atom is 0.359 e. The summed E-state index contributed by atoms with van der Waals surface area (Å²) in [5.74, 6) is -1.09. The minimum Gasteiger partial charge on any atom is -0.508 e. The summed E-state index contributed by atoms with van der Waals surface area (Å²) in [6.45, 7) is 0. The molecule has 2 aromatic carbocycles. The van der Waals surface area contributed by atoms with Crippen molar-refractivity contribution in [3.05, 3.63) is 47.3 Å². The Hall–Kier alpha value is -1.83. The van der Waals surface area contributed by atoms with Crippen molar-refractivity contribution in [1.29, 1.82) is 0 Å². The lowest BCUT2D eigenvalue weighted by atomic mass is 10.1. The van der Waals surface area contributed by atoms with Gasteiger partial charge in [-0.3, -0.25) is 0 Å². The van der Waals surface area contributed by atoms with Crippen LogP contribution in [0.3, 0.4) is 0 Å². The molecule has 0 fully saturated rings. The predicted molar refractivity (Wildman–Crippen MR) is 89.7 cm³/mol. The molecule has 0 amide bonds. The van der Waals surface area contributed by atoms with Gasteiger partial charge in [0.05, 0.1) is 11.0 Å². The van der Waals surface area contributed by atoms with Gasteiger partial charge in [0.2, 0.25) is 9.84 Å². The van der Waals surface area contributed by atoms with E-state index < -0.39 is 31.6 Å². The molecule has 5 nitrogen and oxygen atoms in total. The second kappa shape index (κ2) is 6.40. The highest BCUT2D eigenvalue weighted by molar-refractivity contribution is 7.96. The number of benzene rings is 2. The largest absolute Gasteiger partial charge is 0.508 e. The Kier molecular flexibility index (Phi) is 4.67. The van der Waals surface area contributed by atoms with Gasteiger partial charge >= 0.3 is 5.00 Å². The molecule has 140 valence electrons. The quantitative estimate of drug-likeness (QED) is 0.760. The monoisotopic (exact) mass is 406 g/mol. The van der Waals surface area contributed by atoms with E-state index in [1.807, 2.05) is 0 Å². The number of hydrogen-bond donors (Lipinski definition) is 2. The molecule has 2 aromatic rings. The smallest absolute Gasteiger partial charge is 0.359 e. The Morgan fingerprint density at radius 2 is 1.92 bits per heavy atom. The van der Waals surface area contributed by atoms with E-state index in [1.165, 1.54) is 6.07 Å². The number of aliphatic hydroxyl groups is 1. The minimum atomic E-state index is -5.02. The first-order valence-corrected chi connectivity index (χ1v) is 9.49. The van der Waals surface area contributed by atoms with E-state index >= 15 is 0 Å². The van der Waals surface area contributed by atoms with E-state index in [1.54, 1.807) is 0 Å². The third-order valence-electron chi connectivity index (χ3n) is 4.01. The summed E-state index contributed by atoms with van der Waals surface area (Å²) in [7, 11) is -4.05. The second-order valence-corrected chi connectivity index (χ2v) is 8.96. The molecule has 2 atom stereocenters. The zero-order valence-corrected chi connectivity index (χ0v) is 15.1. The summed E-state index contributed by atoms with van der Waals surface area (Å²) in [6, 6.07) is 5.11. The van der Waals surface area contributed by atoms with Gasteiger partial charge in [-0.05, 0) is 34.2 Å². The van der Waals surface area contributed by atoms with E-state index in [2.05, 4.69) is 0 Å². The molecule has 0 aliphatic heterocycles. The fourth-order valence-corrected chi connectivity index (χ4v) is 4.35. The van der Waals surface area contributed by atoms with Crippen LogP contribution in [0, 0.1) is 5.82 Å². The number of aromatic hydroxyl groups is 1. The lowest BCUT2D eigenvalue weighted by molar-refractivity contribution is 0.175. The minimum absolute atomic E-state index is 0.0573. The van der Waals surface area contributed by atoms with Gasteiger partial charge in [-0.2, -0.15) is 8.78 Å². The lowest BCUT2D eigenvalue weighted by Gasteiger charge is -2.18. The molecule has 0 bridgehead atoms. The van der Waals surface area contributed by atoms with Gasteiger partial charge in [-0.15, -0.1) is 0 Å². The predicted octanol–water partition coefficient (Wildman–Crippen LogP) is 3.50. The van der Waals surface area contributed by atoms with Crippen LogP contribution < -0.4 is 4.74 Å². The van der Waals surface area contributed by atoms with Crippen LogP contribution in [0.5, 0.6) is 17.2 Å². The van der Waals surface area contributed by atoms with E-state index in [4.69, 9.17) is 4.74 Å². The third-order valence-corrected chi connectivity index (χ3v) is 6.59. The van der Waals surface area contributed by atoms with E-state index in [9.17, 15) is 31.8 Å². The molecule has 3 rings (SSSR count). The normalized spacial score (nSPS) is 17.2. The van der Waals surface area contributed by atoms with Gasteiger partial charge in [0.15, 0.2) is 0 Å². The summed E-state index contributed by atoms with van der Waals surface area (Å²) in [4.78, 5) is -4.77. The van der Waals surface area contributed by atoms with Crippen molar-refractivity contribution in [3.63, 3.8) is 0 Å². The summed E-state index contributed by atoms with van der Waals surface area (Å²) in [5.41, 5.74) is 0.0989. The number of sulfone groups is 1. The highest BCUT2D eigenvalue weighted by Gasteiger charge is 2.44. The van der Waals surface area contributed by atoms with Gasteiger partial charge in [-0.1, -0.05) is 0 Å². The first-order chi connectivity index (χ1) is 12.0. The SMILES string of the molecule is O=S(=O)(c1ccc(Oc2cc(O)cc(F)c2)c2c1C(O)CC2)C(F)(F)P. The number of ether oxygens (including phenoxy) is 1. The van der Waals surface area contributed by atoms with Crippen molar-refractivity contribution in [2.75, 3.05) is 0 Å². The van der Waals surface area contributed by atoms with Crippen molar-refractivity contribution in [1.82, 2.24) is 0 Å². The highest BCUT2D eigenvalue weighted by atomic mass is 32.2. The van der Waals surface area contributed by atoms with Crippen LogP contribution in [0.4, 0.5) is 13.2 Å². The average molecular weight is 406 g/mol. The first-order valence-electron chi connectivity index (χ1n) is 7.43. The lowest BCUT2D eigenvalue weighted by Crippen LogP contribution is -2.23. The molecular weight excluding hydrogens is 392 g/mol.